The number of para-hydroxylation sites is 2. The fourth-order valence-corrected chi connectivity index (χ4v) is 3.47. The molecule has 1 aliphatic heterocycles. The van der Waals surface area contributed by atoms with Crippen molar-refractivity contribution in [3.8, 4) is 0 Å². The van der Waals surface area contributed by atoms with Crippen molar-refractivity contribution in [2.45, 2.75) is 32.6 Å². The number of halogens is 1. The number of nitrogens with one attached hydrogen (secondary N) is 1. The van der Waals surface area contributed by atoms with Gasteiger partial charge in [-0.15, -0.1) is 0 Å². The summed E-state index contributed by atoms with van der Waals surface area (Å²) in [5.74, 6) is -0.214. The van der Waals surface area contributed by atoms with Gasteiger partial charge in [0.15, 0.2) is 0 Å². The Balaban J connectivity index is 1.77. The lowest BCUT2D eigenvalue weighted by Gasteiger charge is -2.23. The van der Waals surface area contributed by atoms with E-state index in [0.29, 0.717) is 23.2 Å². The van der Waals surface area contributed by atoms with Crippen LogP contribution in [0.1, 0.15) is 38.2 Å². The van der Waals surface area contributed by atoms with Crippen LogP contribution in [0, 0.1) is 5.92 Å². The molecule has 1 N–H and O–H groups in total. The van der Waals surface area contributed by atoms with Gasteiger partial charge < -0.3 is 10.2 Å². The molecule has 5 heteroatoms. The number of rotatable bonds is 5. The number of nitrogens with zero attached hydrogens (tertiary/aromatic N) is 1. The third kappa shape index (κ3) is 3.75. The lowest BCUT2D eigenvalue weighted by atomic mass is 9.96. The number of hydrogen-bond donors (Lipinski definition) is 1. The van der Waals surface area contributed by atoms with Crippen LogP contribution in [0.25, 0.3) is 0 Å². The number of carbonyl (C=O) groups is 2. The first-order valence-electron chi connectivity index (χ1n) is 8.96. The van der Waals surface area contributed by atoms with E-state index in [1.165, 1.54) is 0 Å². The smallest absolute Gasteiger partial charge is 0.229 e. The molecule has 0 aliphatic carbocycles. The second kappa shape index (κ2) is 7.92. The number of hydrogen-bond acceptors (Lipinski definition) is 2. The molecule has 0 aromatic heterocycles. The molecule has 2 aromatic rings. The molecule has 136 valence electrons. The highest BCUT2D eigenvalue weighted by molar-refractivity contribution is 6.33. The highest BCUT2D eigenvalue weighted by Crippen LogP contribution is 2.34. The van der Waals surface area contributed by atoms with Crippen LogP contribution in [0.2, 0.25) is 5.02 Å². The van der Waals surface area contributed by atoms with Crippen molar-refractivity contribution < 1.29 is 9.59 Å². The maximum Gasteiger partial charge on any atom is 0.229 e. The molecular weight excluding hydrogens is 348 g/mol. The molecule has 26 heavy (non-hydrogen) atoms. The normalized spacial score (nSPS) is 18.0. The van der Waals surface area contributed by atoms with E-state index < -0.39 is 0 Å². The zero-order chi connectivity index (χ0) is 18.7. The first-order chi connectivity index (χ1) is 12.5. The molecule has 1 aliphatic rings. The Hall–Kier alpha value is -2.33. The molecule has 0 spiro atoms. The molecule has 2 atom stereocenters. The molecule has 2 aromatic carbocycles. The fraction of sp³-hybridized carbons (Fsp3) is 0.333. The summed E-state index contributed by atoms with van der Waals surface area (Å²) in [5, 5.41) is 3.33. The number of anilines is 2. The molecule has 0 saturated carbocycles. The van der Waals surface area contributed by atoms with Crippen LogP contribution in [0.4, 0.5) is 11.4 Å². The van der Waals surface area contributed by atoms with Gasteiger partial charge in [-0.1, -0.05) is 55.8 Å². The summed E-state index contributed by atoms with van der Waals surface area (Å²) in [6.45, 7) is 4.68. The van der Waals surface area contributed by atoms with E-state index in [4.69, 9.17) is 11.6 Å². The monoisotopic (exact) mass is 370 g/mol. The van der Waals surface area contributed by atoms with Crippen LogP contribution in [0.3, 0.4) is 0 Å². The van der Waals surface area contributed by atoms with Crippen molar-refractivity contribution in [3.05, 3.63) is 59.1 Å². The van der Waals surface area contributed by atoms with E-state index in [1.54, 1.807) is 17.0 Å². The van der Waals surface area contributed by atoms with E-state index in [9.17, 15) is 9.59 Å². The molecule has 1 fully saturated rings. The predicted molar refractivity (Wildman–Crippen MR) is 106 cm³/mol. The second-order valence-corrected chi connectivity index (χ2v) is 7.15. The highest BCUT2D eigenvalue weighted by Gasteiger charge is 2.36. The highest BCUT2D eigenvalue weighted by atomic mass is 35.5. The van der Waals surface area contributed by atoms with Gasteiger partial charge in [-0.2, -0.15) is 0 Å². The fourth-order valence-electron chi connectivity index (χ4n) is 3.28. The van der Waals surface area contributed by atoms with Crippen molar-refractivity contribution in [2.75, 3.05) is 16.8 Å². The minimum atomic E-state index is -0.385. The summed E-state index contributed by atoms with van der Waals surface area (Å²) < 4.78 is 0. The minimum Gasteiger partial charge on any atom is -0.324 e. The van der Waals surface area contributed by atoms with Crippen LogP contribution in [-0.4, -0.2) is 18.4 Å². The molecule has 2 unspecified atom stereocenters. The Kier molecular flexibility index (Phi) is 5.62. The summed E-state index contributed by atoms with van der Waals surface area (Å²) >= 11 is 6.11. The van der Waals surface area contributed by atoms with Gasteiger partial charge in [0.2, 0.25) is 11.8 Å². The summed E-state index contributed by atoms with van der Waals surface area (Å²) in [6.07, 6.45) is 1.21. The van der Waals surface area contributed by atoms with Crippen molar-refractivity contribution >= 4 is 34.8 Å². The van der Waals surface area contributed by atoms with E-state index in [-0.39, 0.29) is 24.2 Å². The third-order valence-corrected chi connectivity index (χ3v) is 5.33. The summed E-state index contributed by atoms with van der Waals surface area (Å²) in [4.78, 5) is 27.0. The molecule has 0 radical (unpaired) electrons. The van der Waals surface area contributed by atoms with Gasteiger partial charge in [0, 0.05) is 18.7 Å². The van der Waals surface area contributed by atoms with Gasteiger partial charge in [0.25, 0.3) is 0 Å². The maximum absolute atomic E-state index is 12.6. The van der Waals surface area contributed by atoms with Gasteiger partial charge in [0.05, 0.1) is 16.6 Å². The van der Waals surface area contributed by atoms with E-state index in [1.807, 2.05) is 30.3 Å². The van der Waals surface area contributed by atoms with E-state index >= 15 is 0 Å². The van der Waals surface area contributed by atoms with Crippen LogP contribution < -0.4 is 10.2 Å². The van der Waals surface area contributed by atoms with Gasteiger partial charge in [0.1, 0.15) is 0 Å². The number of carbonyl (C=O) groups excluding carboxylic acids is 2. The average molecular weight is 371 g/mol. The SMILES string of the molecule is CCC(C)c1ccccc1N1CC(C(=O)Nc2ccccc2Cl)CC1=O. The molecule has 3 rings (SSSR count). The average Bonchev–Trinajstić information content (AvgIpc) is 3.04. The van der Waals surface area contributed by atoms with Crippen molar-refractivity contribution in [1.82, 2.24) is 0 Å². The van der Waals surface area contributed by atoms with Crippen molar-refractivity contribution in [3.63, 3.8) is 0 Å². The molecule has 1 saturated heterocycles. The van der Waals surface area contributed by atoms with Crippen LogP contribution >= 0.6 is 11.6 Å². The zero-order valence-corrected chi connectivity index (χ0v) is 15.8. The largest absolute Gasteiger partial charge is 0.324 e. The minimum absolute atomic E-state index is 0.0138. The van der Waals surface area contributed by atoms with Gasteiger partial charge >= 0.3 is 0 Å². The van der Waals surface area contributed by atoms with E-state index in [0.717, 1.165) is 17.7 Å². The molecule has 2 amide bonds. The topological polar surface area (TPSA) is 49.4 Å². The first kappa shape index (κ1) is 18.5. The molecule has 4 nitrogen and oxygen atoms in total. The third-order valence-electron chi connectivity index (χ3n) is 5.00. The van der Waals surface area contributed by atoms with Crippen LogP contribution in [-0.2, 0) is 9.59 Å². The number of benzene rings is 2. The standard InChI is InChI=1S/C21H23ClN2O2/c1-3-14(2)16-8-4-7-11-19(16)24-13-15(12-20(24)25)21(26)23-18-10-6-5-9-17(18)22/h4-11,14-15H,3,12-13H2,1-2H3,(H,23,26). The summed E-state index contributed by atoms with van der Waals surface area (Å²) in [7, 11) is 0. The molecule has 0 bridgehead atoms. The van der Waals surface area contributed by atoms with Gasteiger partial charge in [-0.25, -0.2) is 0 Å². The number of amides is 2. The first-order valence-corrected chi connectivity index (χ1v) is 9.33. The zero-order valence-electron chi connectivity index (χ0n) is 15.0. The quantitative estimate of drug-likeness (QED) is 0.818. The molecular formula is C21H23ClN2O2. The van der Waals surface area contributed by atoms with Crippen molar-refractivity contribution in [1.29, 1.82) is 0 Å². The lowest BCUT2D eigenvalue weighted by molar-refractivity contribution is -0.122. The maximum atomic E-state index is 12.6. The van der Waals surface area contributed by atoms with Gasteiger partial charge in [-0.3, -0.25) is 9.59 Å². The Morgan fingerprint density at radius 2 is 1.92 bits per heavy atom. The van der Waals surface area contributed by atoms with E-state index in [2.05, 4.69) is 25.2 Å². The Bertz CT molecular complexity index is 821. The lowest BCUT2D eigenvalue weighted by Crippen LogP contribution is -2.29. The van der Waals surface area contributed by atoms with Crippen molar-refractivity contribution in [2.24, 2.45) is 5.92 Å². The van der Waals surface area contributed by atoms with Gasteiger partial charge in [-0.05, 0) is 36.1 Å². The Morgan fingerprint density at radius 1 is 1.23 bits per heavy atom. The predicted octanol–water partition coefficient (Wildman–Crippen LogP) is 4.85. The summed E-state index contributed by atoms with van der Waals surface area (Å²) in [5.41, 5.74) is 2.64. The Morgan fingerprint density at radius 3 is 2.65 bits per heavy atom. The summed E-state index contributed by atoms with van der Waals surface area (Å²) in [6, 6.07) is 15.1. The molecule has 1 heterocycles. The Labute approximate surface area is 159 Å². The van der Waals surface area contributed by atoms with Crippen LogP contribution in [0.15, 0.2) is 48.5 Å². The van der Waals surface area contributed by atoms with Crippen LogP contribution in [0.5, 0.6) is 0 Å². The second-order valence-electron chi connectivity index (χ2n) is 6.74.